The molecule has 0 bridgehead atoms. The summed E-state index contributed by atoms with van der Waals surface area (Å²) in [5.41, 5.74) is 0.513. The molecule has 156 valence electrons. The molecule has 0 atom stereocenters. The van der Waals surface area contributed by atoms with Gasteiger partial charge in [-0.1, -0.05) is 11.2 Å². The predicted molar refractivity (Wildman–Crippen MR) is 113 cm³/mol. The van der Waals surface area contributed by atoms with E-state index in [1.54, 1.807) is 30.3 Å². The molecule has 4 aromatic rings. The molecule has 0 spiro atoms. The molecule has 9 heteroatoms. The van der Waals surface area contributed by atoms with Crippen molar-refractivity contribution in [1.29, 1.82) is 0 Å². The minimum Gasteiger partial charge on any atom is -0.494 e. The summed E-state index contributed by atoms with van der Waals surface area (Å²) in [5, 5.41) is 6.00. The molecule has 30 heavy (non-hydrogen) atoms. The van der Waals surface area contributed by atoms with Crippen molar-refractivity contribution in [2.75, 3.05) is 6.61 Å². The molecular weight excluding hydrogens is 424 g/mol. The van der Waals surface area contributed by atoms with Crippen molar-refractivity contribution in [2.24, 2.45) is 0 Å². The van der Waals surface area contributed by atoms with Gasteiger partial charge < -0.3 is 13.7 Å². The van der Waals surface area contributed by atoms with Gasteiger partial charge in [0.15, 0.2) is 5.76 Å². The SMILES string of the molecule is CCOc1ccc(S(=O)(=O)N(Cc2cc(-c3cccs3)on2)Cc2ccco2)cc1. The van der Waals surface area contributed by atoms with Crippen molar-refractivity contribution in [3.63, 3.8) is 0 Å². The highest BCUT2D eigenvalue weighted by Gasteiger charge is 2.27. The number of hydrogen-bond donors (Lipinski definition) is 0. The number of ether oxygens (including phenoxy) is 1. The van der Waals surface area contributed by atoms with Crippen LogP contribution in [0, 0.1) is 0 Å². The molecule has 3 aromatic heterocycles. The van der Waals surface area contributed by atoms with Crippen LogP contribution in [-0.2, 0) is 23.1 Å². The first-order valence-corrected chi connectivity index (χ1v) is 11.6. The van der Waals surface area contributed by atoms with Crippen LogP contribution >= 0.6 is 11.3 Å². The first-order valence-electron chi connectivity index (χ1n) is 9.31. The molecule has 7 nitrogen and oxygen atoms in total. The Morgan fingerprint density at radius 3 is 2.60 bits per heavy atom. The van der Waals surface area contributed by atoms with Gasteiger partial charge in [0, 0.05) is 6.07 Å². The standard InChI is InChI=1S/C21H20N2O5S2/c1-2-26-17-7-9-19(10-8-17)30(24,25)23(15-18-5-3-11-27-18)14-16-13-20(28-22-16)21-6-4-12-29-21/h3-13H,2,14-15H2,1H3. The zero-order chi connectivity index (χ0) is 21.0. The molecule has 0 aliphatic heterocycles. The van der Waals surface area contributed by atoms with Crippen molar-refractivity contribution in [1.82, 2.24) is 9.46 Å². The molecule has 0 saturated heterocycles. The van der Waals surface area contributed by atoms with Crippen LogP contribution in [-0.4, -0.2) is 24.5 Å². The minimum atomic E-state index is -3.81. The Kier molecular flexibility index (Phi) is 6.03. The first kappa shape index (κ1) is 20.4. The lowest BCUT2D eigenvalue weighted by atomic mass is 10.3. The van der Waals surface area contributed by atoms with E-state index in [0.717, 1.165) is 4.88 Å². The van der Waals surface area contributed by atoms with Crippen LogP contribution in [0.15, 0.2) is 80.1 Å². The van der Waals surface area contributed by atoms with Gasteiger partial charge >= 0.3 is 0 Å². The molecule has 4 rings (SSSR count). The van der Waals surface area contributed by atoms with Crippen LogP contribution in [0.3, 0.4) is 0 Å². The number of thiophene rings is 1. The largest absolute Gasteiger partial charge is 0.494 e. The van der Waals surface area contributed by atoms with E-state index in [1.807, 2.05) is 24.4 Å². The molecule has 1 aromatic carbocycles. The molecule has 0 aliphatic carbocycles. The summed E-state index contributed by atoms with van der Waals surface area (Å²) in [5.74, 6) is 1.76. The van der Waals surface area contributed by atoms with Gasteiger partial charge in [0.05, 0.1) is 41.4 Å². The van der Waals surface area contributed by atoms with Gasteiger partial charge in [-0.3, -0.25) is 0 Å². The molecule has 0 N–H and O–H groups in total. The summed E-state index contributed by atoms with van der Waals surface area (Å²) in [6.07, 6.45) is 1.52. The highest BCUT2D eigenvalue weighted by molar-refractivity contribution is 7.89. The maximum absolute atomic E-state index is 13.4. The number of aromatic nitrogens is 1. The number of furan rings is 1. The van der Waals surface area contributed by atoms with Crippen LogP contribution in [0.1, 0.15) is 18.4 Å². The van der Waals surface area contributed by atoms with E-state index in [9.17, 15) is 8.42 Å². The summed E-state index contributed by atoms with van der Waals surface area (Å²) in [4.78, 5) is 1.10. The van der Waals surface area contributed by atoms with Crippen LogP contribution in [0.25, 0.3) is 10.6 Å². The lowest BCUT2D eigenvalue weighted by Crippen LogP contribution is -2.30. The molecule has 0 unspecified atom stereocenters. The Bertz CT molecular complexity index is 1160. The third-order valence-corrected chi connectivity index (χ3v) is 7.04. The Labute approximate surface area is 178 Å². The topological polar surface area (TPSA) is 85.8 Å². The Hall–Kier alpha value is -2.88. The fraction of sp³-hybridized carbons (Fsp3) is 0.190. The number of rotatable bonds is 9. The zero-order valence-corrected chi connectivity index (χ0v) is 17.9. The Morgan fingerprint density at radius 1 is 1.10 bits per heavy atom. The predicted octanol–water partition coefficient (Wildman–Crippen LogP) is 4.79. The average molecular weight is 445 g/mol. The van der Waals surface area contributed by atoms with Gasteiger partial charge in [-0.15, -0.1) is 11.3 Å². The molecule has 0 fully saturated rings. The minimum absolute atomic E-state index is 0.0467. The van der Waals surface area contributed by atoms with E-state index in [1.165, 1.54) is 34.0 Å². The lowest BCUT2D eigenvalue weighted by molar-refractivity contribution is 0.339. The normalized spacial score (nSPS) is 11.8. The van der Waals surface area contributed by atoms with E-state index < -0.39 is 10.0 Å². The van der Waals surface area contributed by atoms with Gasteiger partial charge in [-0.2, -0.15) is 4.31 Å². The molecule has 3 heterocycles. The van der Waals surface area contributed by atoms with Crippen molar-refractivity contribution < 1.29 is 22.1 Å². The van der Waals surface area contributed by atoms with Gasteiger partial charge in [0.1, 0.15) is 11.5 Å². The van der Waals surface area contributed by atoms with E-state index in [4.69, 9.17) is 13.7 Å². The van der Waals surface area contributed by atoms with Crippen molar-refractivity contribution in [3.05, 3.63) is 77.7 Å². The summed E-state index contributed by atoms with van der Waals surface area (Å²) in [7, 11) is -3.81. The fourth-order valence-corrected chi connectivity index (χ4v) is 4.98. The summed E-state index contributed by atoms with van der Waals surface area (Å²) in [6.45, 7) is 2.50. The first-order chi connectivity index (χ1) is 14.6. The second-order valence-electron chi connectivity index (χ2n) is 6.42. The average Bonchev–Trinajstić information content (AvgIpc) is 3.51. The fourth-order valence-electron chi connectivity index (χ4n) is 2.93. The van der Waals surface area contributed by atoms with E-state index in [0.29, 0.717) is 29.6 Å². The second-order valence-corrected chi connectivity index (χ2v) is 9.30. The van der Waals surface area contributed by atoms with E-state index in [-0.39, 0.29) is 18.0 Å². The smallest absolute Gasteiger partial charge is 0.243 e. The van der Waals surface area contributed by atoms with Crippen molar-refractivity contribution in [3.8, 4) is 16.4 Å². The highest BCUT2D eigenvalue weighted by Crippen LogP contribution is 2.27. The van der Waals surface area contributed by atoms with Crippen LogP contribution < -0.4 is 4.74 Å². The maximum atomic E-state index is 13.4. The monoisotopic (exact) mass is 444 g/mol. The van der Waals surface area contributed by atoms with Gasteiger partial charge in [0.25, 0.3) is 0 Å². The van der Waals surface area contributed by atoms with Crippen molar-refractivity contribution in [2.45, 2.75) is 24.9 Å². The second kappa shape index (κ2) is 8.86. The number of benzene rings is 1. The van der Waals surface area contributed by atoms with E-state index in [2.05, 4.69) is 5.16 Å². The molecule has 0 radical (unpaired) electrons. The maximum Gasteiger partial charge on any atom is 0.243 e. The molecule has 0 saturated carbocycles. The summed E-state index contributed by atoms with van der Waals surface area (Å²) >= 11 is 1.53. The molecule has 0 aliphatic rings. The van der Waals surface area contributed by atoms with Crippen LogP contribution in [0.5, 0.6) is 5.75 Å². The molecule has 0 amide bonds. The third kappa shape index (κ3) is 4.48. The number of sulfonamides is 1. The Morgan fingerprint density at radius 2 is 1.93 bits per heavy atom. The molecular formula is C21H20N2O5S2. The number of hydrogen-bond acceptors (Lipinski definition) is 7. The van der Waals surface area contributed by atoms with Crippen LogP contribution in [0.4, 0.5) is 0 Å². The lowest BCUT2D eigenvalue weighted by Gasteiger charge is -2.20. The number of nitrogens with zero attached hydrogens (tertiary/aromatic N) is 2. The van der Waals surface area contributed by atoms with Crippen molar-refractivity contribution >= 4 is 21.4 Å². The van der Waals surface area contributed by atoms with Gasteiger partial charge in [-0.25, -0.2) is 8.42 Å². The summed E-state index contributed by atoms with van der Waals surface area (Å²) < 4.78 is 44.2. The van der Waals surface area contributed by atoms with Gasteiger partial charge in [0.2, 0.25) is 10.0 Å². The third-order valence-electron chi connectivity index (χ3n) is 4.35. The zero-order valence-electron chi connectivity index (χ0n) is 16.2. The van der Waals surface area contributed by atoms with E-state index >= 15 is 0 Å². The Balaban J connectivity index is 1.62. The summed E-state index contributed by atoms with van der Waals surface area (Å²) in [6, 6.07) is 15.4. The van der Waals surface area contributed by atoms with Gasteiger partial charge in [-0.05, 0) is 54.8 Å². The van der Waals surface area contributed by atoms with Crippen LogP contribution in [0.2, 0.25) is 0 Å². The quantitative estimate of drug-likeness (QED) is 0.369. The highest BCUT2D eigenvalue weighted by atomic mass is 32.2.